The Morgan fingerprint density at radius 2 is 2.05 bits per heavy atom. The van der Waals surface area contributed by atoms with E-state index in [0.29, 0.717) is 17.9 Å². The lowest BCUT2D eigenvalue weighted by atomic mass is 10.2. The van der Waals surface area contributed by atoms with Crippen LogP contribution in [-0.4, -0.2) is 30.9 Å². The van der Waals surface area contributed by atoms with Crippen LogP contribution in [0.5, 0.6) is 5.75 Å². The van der Waals surface area contributed by atoms with Gasteiger partial charge in [0.2, 0.25) is 10.3 Å². The molecule has 1 aliphatic carbocycles. The van der Waals surface area contributed by atoms with Crippen molar-refractivity contribution in [3.63, 3.8) is 0 Å². The summed E-state index contributed by atoms with van der Waals surface area (Å²) >= 11 is 1.59. The van der Waals surface area contributed by atoms with Gasteiger partial charge in [0.05, 0.1) is 11.8 Å². The number of allylic oxidation sites excluding steroid dienone is 3. The molecule has 0 fully saturated rings. The second-order valence-corrected chi connectivity index (χ2v) is 6.05. The normalized spacial score (nSPS) is 13.3. The molecule has 0 saturated heterocycles. The second kappa shape index (κ2) is 7.64. The Hall–Kier alpha value is -2.08. The molecule has 1 aromatic carbocycles. The minimum atomic E-state index is -2.20. The Labute approximate surface area is 128 Å². The summed E-state index contributed by atoms with van der Waals surface area (Å²) in [4.78, 5) is 5.27. The molecule has 0 amide bonds. The third-order valence-electron chi connectivity index (χ3n) is 2.59. The molecular formula is C14H12N2O3S2. The van der Waals surface area contributed by atoms with Crippen LogP contribution in [0.25, 0.3) is 5.53 Å². The second-order valence-electron chi connectivity index (χ2n) is 4.05. The number of hydrogen-bond donors (Lipinski definition) is 0. The lowest BCUT2D eigenvalue weighted by molar-refractivity contribution is -0.00538. The summed E-state index contributed by atoms with van der Waals surface area (Å²) in [5.74, 6) is 0.615. The summed E-state index contributed by atoms with van der Waals surface area (Å²) in [5.41, 5.74) is 9.28. The monoisotopic (exact) mass is 320 g/mol. The predicted octanol–water partition coefficient (Wildman–Crippen LogP) is 2.35. The highest BCUT2D eigenvalue weighted by Crippen LogP contribution is 2.30. The number of thioether (sulfide) groups is 1. The fourth-order valence-electron chi connectivity index (χ4n) is 1.60. The lowest BCUT2D eigenvalue weighted by Crippen LogP contribution is -1.98. The van der Waals surface area contributed by atoms with E-state index in [1.54, 1.807) is 30.0 Å². The van der Waals surface area contributed by atoms with E-state index in [1.807, 2.05) is 24.3 Å². The maximum Gasteiger partial charge on any atom is 0.295 e. The summed E-state index contributed by atoms with van der Waals surface area (Å²) < 4.78 is 25.9. The molecule has 5 nitrogen and oxygen atoms in total. The van der Waals surface area contributed by atoms with Gasteiger partial charge >= 0.3 is 0 Å². The molecule has 0 unspecified atom stereocenters. The number of hydrogen-bond acceptors (Lipinski definition) is 4. The van der Waals surface area contributed by atoms with Crippen molar-refractivity contribution in [2.45, 2.75) is 11.3 Å². The first kappa shape index (κ1) is 15.3. The first-order valence-electron chi connectivity index (χ1n) is 6.08. The maximum atomic E-state index is 10.3. The SMILES string of the molecule is [N-]=[N+]=C1C=CC(Sc2ccc(OCC=S(=O)=O)cc2)=CC1. The summed E-state index contributed by atoms with van der Waals surface area (Å²) in [6.07, 6.45) is 6.27. The molecule has 0 aromatic heterocycles. The first-order valence-corrected chi connectivity index (χ1v) is 8.04. The summed E-state index contributed by atoms with van der Waals surface area (Å²) in [5, 5.41) is 1.06. The first-order chi connectivity index (χ1) is 10.2. The van der Waals surface area contributed by atoms with Crippen molar-refractivity contribution in [1.82, 2.24) is 0 Å². The van der Waals surface area contributed by atoms with Crippen LogP contribution in [0.2, 0.25) is 0 Å². The van der Waals surface area contributed by atoms with Gasteiger partial charge in [-0.1, -0.05) is 17.8 Å². The smallest absolute Gasteiger partial charge is 0.295 e. The van der Waals surface area contributed by atoms with Crippen molar-refractivity contribution in [3.05, 3.63) is 52.9 Å². The molecule has 0 radical (unpaired) electrons. The maximum absolute atomic E-state index is 10.3. The van der Waals surface area contributed by atoms with Crippen molar-refractivity contribution >= 4 is 33.1 Å². The molecule has 2 rings (SSSR count). The third-order valence-corrected chi connectivity index (χ3v) is 4.05. The van der Waals surface area contributed by atoms with Crippen LogP contribution in [0.1, 0.15) is 6.42 Å². The molecule has 21 heavy (non-hydrogen) atoms. The average Bonchev–Trinajstić information content (AvgIpc) is 2.49. The van der Waals surface area contributed by atoms with Crippen LogP contribution < -0.4 is 4.74 Å². The van der Waals surface area contributed by atoms with Gasteiger partial charge in [-0.05, 0) is 30.3 Å². The Morgan fingerprint density at radius 1 is 1.29 bits per heavy atom. The number of ether oxygens (including phenoxy) is 1. The fraction of sp³-hybridized carbons (Fsp3) is 0.143. The van der Waals surface area contributed by atoms with E-state index in [4.69, 9.17) is 10.3 Å². The van der Waals surface area contributed by atoms with E-state index >= 15 is 0 Å². The van der Waals surface area contributed by atoms with Gasteiger partial charge in [-0.25, -0.2) is 0 Å². The molecule has 0 heterocycles. The molecule has 0 atom stereocenters. The van der Waals surface area contributed by atoms with Gasteiger partial charge in [0, 0.05) is 15.9 Å². The van der Waals surface area contributed by atoms with Crippen molar-refractivity contribution < 1.29 is 17.9 Å². The molecule has 7 heteroatoms. The van der Waals surface area contributed by atoms with Crippen LogP contribution >= 0.6 is 11.8 Å². The van der Waals surface area contributed by atoms with Gasteiger partial charge in [0.15, 0.2) is 0 Å². The largest absolute Gasteiger partial charge is 0.488 e. The van der Waals surface area contributed by atoms with Gasteiger partial charge in [0.1, 0.15) is 12.4 Å². The number of benzene rings is 1. The predicted molar refractivity (Wildman–Crippen MR) is 83.2 cm³/mol. The van der Waals surface area contributed by atoms with Crippen LogP contribution in [0.15, 0.2) is 52.3 Å². The quantitative estimate of drug-likeness (QED) is 0.474. The minimum Gasteiger partial charge on any atom is -0.488 e. The highest BCUT2D eigenvalue weighted by Gasteiger charge is 2.09. The summed E-state index contributed by atoms with van der Waals surface area (Å²) in [6, 6.07) is 7.38. The zero-order valence-electron chi connectivity index (χ0n) is 11.0. The zero-order chi connectivity index (χ0) is 15.1. The Kier molecular flexibility index (Phi) is 5.57. The highest BCUT2D eigenvalue weighted by molar-refractivity contribution is 8.03. The average molecular weight is 320 g/mol. The number of rotatable bonds is 5. The number of nitrogens with zero attached hydrogens (tertiary/aromatic N) is 2. The van der Waals surface area contributed by atoms with E-state index in [-0.39, 0.29) is 6.61 Å². The lowest BCUT2D eigenvalue weighted by Gasteiger charge is -2.06. The molecule has 0 aliphatic heterocycles. The molecule has 1 aromatic rings. The van der Waals surface area contributed by atoms with Crippen molar-refractivity contribution in [2.24, 2.45) is 0 Å². The van der Waals surface area contributed by atoms with Gasteiger partial charge in [0.25, 0.3) is 5.71 Å². The minimum absolute atomic E-state index is 0.0275. The van der Waals surface area contributed by atoms with Gasteiger partial charge in [-0.15, -0.1) is 0 Å². The zero-order valence-corrected chi connectivity index (χ0v) is 12.6. The van der Waals surface area contributed by atoms with Crippen LogP contribution in [0.4, 0.5) is 0 Å². The van der Waals surface area contributed by atoms with E-state index < -0.39 is 10.3 Å². The highest BCUT2D eigenvalue weighted by atomic mass is 32.2. The van der Waals surface area contributed by atoms with E-state index in [1.165, 1.54) is 0 Å². The summed E-state index contributed by atoms with van der Waals surface area (Å²) in [6.45, 7) is 0.0275. The van der Waals surface area contributed by atoms with E-state index in [9.17, 15) is 8.42 Å². The molecule has 0 bridgehead atoms. The Balaban J connectivity index is 1.94. The van der Waals surface area contributed by atoms with Crippen molar-refractivity contribution in [1.29, 1.82) is 0 Å². The molecule has 1 aliphatic rings. The fourth-order valence-corrected chi connectivity index (χ4v) is 2.62. The van der Waals surface area contributed by atoms with Gasteiger partial charge in [-0.3, -0.25) is 0 Å². The standard InChI is InChI=1S/C14H12N2O3S2/c15-16-11-1-5-13(6-2-11)20-14-7-3-12(4-8-14)19-9-10-21(17)18/h1,3-8,10H,2,9H2. The molecule has 0 N–H and O–H groups in total. The van der Waals surface area contributed by atoms with Crippen LogP contribution in [0, 0.1) is 0 Å². The topological polar surface area (TPSA) is 79.8 Å². The van der Waals surface area contributed by atoms with Crippen molar-refractivity contribution in [2.75, 3.05) is 6.61 Å². The van der Waals surface area contributed by atoms with Crippen molar-refractivity contribution in [3.8, 4) is 5.75 Å². The van der Waals surface area contributed by atoms with Crippen LogP contribution in [0.3, 0.4) is 0 Å². The Morgan fingerprint density at radius 3 is 2.62 bits per heavy atom. The molecule has 0 saturated carbocycles. The summed E-state index contributed by atoms with van der Waals surface area (Å²) in [7, 11) is -2.20. The van der Waals surface area contributed by atoms with Gasteiger partial charge in [-0.2, -0.15) is 13.2 Å². The molecule has 108 valence electrons. The van der Waals surface area contributed by atoms with E-state index in [2.05, 4.69) is 4.79 Å². The molecular weight excluding hydrogens is 308 g/mol. The molecule has 0 spiro atoms. The van der Waals surface area contributed by atoms with Crippen LogP contribution in [-0.2, 0) is 10.3 Å². The van der Waals surface area contributed by atoms with E-state index in [0.717, 1.165) is 15.2 Å². The Bertz CT molecular complexity index is 748. The van der Waals surface area contributed by atoms with Gasteiger partial charge < -0.3 is 10.3 Å². The third kappa shape index (κ3) is 5.07.